The molecule has 0 aliphatic rings. The Bertz CT molecular complexity index is 472. The van der Waals surface area contributed by atoms with Gasteiger partial charge in [0.25, 0.3) is 0 Å². The summed E-state index contributed by atoms with van der Waals surface area (Å²) < 4.78 is 0. The van der Waals surface area contributed by atoms with E-state index in [-0.39, 0.29) is 11.5 Å². The molecule has 1 heterocycles. The van der Waals surface area contributed by atoms with Crippen LogP contribution < -0.4 is 11.1 Å². The van der Waals surface area contributed by atoms with E-state index in [4.69, 9.17) is 5.73 Å². The molecule has 0 bridgehead atoms. The van der Waals surface area contributed by atoms with E-state index >= 15 is 0 Å². The molecule has 0 spiro atoms. The fourth-order valence-electron chi connectivity index (χ4n) is 1.21. The molecule has 0 radical (unpaired) electrons. The van der Waals surface area contributed by atoms with Gasteiger partial charge >= 0.3 is 11.8 Å². The summed E-state index contributed by atoms with van der Waals surface area (Å²) in [5.41, 5.74) is 5.99. The van der Waals surface area contributed by atoms with Gasteiger partial charge in [0.15, 0.2) is 0 Å². The van der Waals surface area contributed by atoms with E-state index in [1.165, 1.54) is 23.3 Å². The summed E-state index contributed by atoms with van der Waals surface area (Å²) in [6.45, 7) is 2.19. The molecule has 1 aromatic heterocycles. The predicted molar refractivity (Wildman–Crippen MR) is 73.1 cm³/mol. The normalized spacial score (nSPS) is 9.89. The second-order valence-electron chi connectivity index (χ2n) is 3.67. The summed E-state index contributed by atoms with van der Waals surface area (Å²) in [6.07, 6.45) is 0. The standard InChI is InChI=1S/C10H14N4O2S2/c1-6-13-7(5-18-6)4-14(2)10(16)9(15)12-3-8(11)17/h5H,3-4H2,1-2H3,(H2,11,17)(H,12,15). The maximum Gasteiger partial charge on any atom is 0.311 e. The first-order valence-corrected chi connectivity index (χ1v) is 6.41. The van der Waals surface area contributed by atoms with E-state index in [1.807, 2.05) is 12.3 Å². The first kappa shape index (κ1) is 14.5. The summed E-state index contributed by atoms with van der Waals surface area (Å²) in [7, 11) is 1.54. The van der Waals surface area contributed by atoms with Crippen molar-refractivity contribution in [1.29, 1.82) is 0 Å². The molecule has 1 rings (SSSR count). The van der Waals surface area contributed by atoms with Crippen LogP contribution in [0.25, 0.3) is 0 Å². The molecule has 0 unspecified atom stereocenters. The first-order valence-electron chi connectivity index (χ1n) is 5.12. The van der Waals surface area contributed by atoms with Crippen molar-refractivity contribution >= 4 is 40.4 Å². The highest BCUT2D eigenvalue weighted by atomic mass is 32.1. The minimum Gasteiger partial charge on any atom is -0.392 e. The summed E-state index contributed by atoms with van der Waals surface area (Å²) in [4.78, 5) is 28.8. The molecule has 0 atom stereocenters. The molecule has 6 nitrogen and oxygen atoms in total. The number of rotatable bonds is 4. The maximum absolute atomic E-state index is 11.7. The number of aryl methyl sites for hydroxylation is 1. The maximum atomic E-state index is 11.7. The number of hydrogen-bond donors (Lipinski definition) is 2. The molecule has 0 aromatic carbocycles. The van der Waals surface area contributed by atoms with Gasteiger partial charge in [-0.1, -0.05) is 12.2 Å². The van der Waals surface area contributed by atoms with Gasteiger partial charge in [-0.15, -0.1) is 11.3 Å². The molecule has 0 saturated carbocycles. The molecule has 3 N–H and O–H groups in total. The highest BCUT2D eigenvalue weighted by molar-refractivity contribution is 7.80. The van der Waals surface area contributed by atoms with Crippen LogP contribution in [0, 0.1) is 6.92 Å². The van der Waals surface area contributed by atoms with Crippen LogP contribution in [0.2, 0.25) is 0 Å². The number of likely N-dealkylation sites (N-methyl/N-ethyl adjacent to an activating group) is 1. The van der Waals surface area contributed by atoms with Crippen molar-refractivity contribution in [2.24, 2.45) is 5.73 Å². The number of aromatic nitrogens is 1. The second kappa shape index (κ2) is 6.41. The van der Waals surface area contributed by atoms with Crippen LogP contribution >= 0.6 is 23.6 Å². The number of carbonyl (C=O) groups is 2. The average molecular weight is 286 g/mol. The number of nitrogens with two attached hydrogens (primary N) is 1. The van der Waals surface area contributed by atoms with Gasteiger partial charge in [-0.2, -0.15) is 0 Å². The molecule has 0 aliphatic carbocycles. The summed E-state index contributed by atoms with van der Waals surface area (Å²) >= 11 is 6.10. The molecule has 8 heteroatoms. The van der Waals surface area contributed by atoms with Crippen molar-refractivity contribution < 1.29 is 9.59 Å². The van der Waals surface area contributed by atoms with Gasteiger partial charge in [0, 0.05) is 12.4 Å². The van der Waals surface area contributed by atoms with E-state index in [1.54, 1.807) is 0 Å². The van der Waals surface area contributed by atoms with Crippen molar-refractivity contribution in [1.82, 2.24) is 15.2 Å². The van der Waals surface area contributed by atoms with Crippen LogP contribution in [0.3, 0.4) is 0 Å². The Morgan fingerprint density at radius 1 is 1.61 bits per heavy atom. The number of nitrogens with one attached hydrogen (secondary N) is 1. The molecule has 98 valence electrons. The summed E-state index contributed by atoms with van der Waals surface area (Å²) in [5.74, 6) is -1.37. The van der Waals surface area contributed by atoms with Gasteiger partial charge in [0.2, 0.25) is 0 Å². The number of carbonyl (C=O) groups excluding carboxylic acids is 2. The molecule has 0 fully saturated rings. The lowest BCUT2D eigenvalue weighted by atomic mass is 10.4. The number of hydrogen-bond acceptors (Lipinski definition) is 5. The lowest BCUT2D eigenvalue weighted by Gasteiger charge is -2.15. The Balaban J connectivity index is 2.50. The van der Waals surface area contributed by atoms with E-state index < -0.39 is 11.8 Å². The largest absolute Gasteiger partial charge is 0.392 e. The third-order valence-electron chi connectivity index (χ3n) is 2.03. The SMILES string of the molecule is Cc1nc(CN(C)C(=O)C(=O)NCC(N)=S)cs1. The minimum absolute atomic E-state index is 0.0174. The van der Waals surface area contributed by atoms with Crippen LogP contribution in [0.5, 0.6) is 0 Å². The van der Waals surface area contributed by atoms with E-state index in [0.717, 1.165) is 10.7 Å². The first-order chi connectivity index (χ1) is 8.40. The molecular weight excluding hydrogens is 272 g/mol. The third-order valence-corrected chi connectivity index (χ3v) is 3.00. The van der Waals surface area contributed by atoms with Crippen LogP contribution in [0.1, 0.15) is 10.7 Å². The predicted octanol–water partition coefficient (Wildman–Crippen LogP) is -0.188. The Kier molecular flexibility index (Phi) is 5.17. The van der Waals surface area contributed by atoms with Gasteiger partial charge in [-0.3, -0.25) is 9.59 Å². The molecule has 18 heavy (non-hydrogen) atoms. The highest BCUT2D eigenvalue weighted by Gasteiger charge is 2.19. The van der Waals surface area contributed by atoms with Gasteiger partial charge < -0.3 is 16.0 Å². The molecule has 2 amide bonds. The van der Waals surface area contributed by atoms with Crippen molar-refractivity contribution in [3.63, 3.8) is 0 Å². The molecule has 1 aromatic rings. The van der Waals surface area contributed by atoms with Gasteiger partial charge in [0.05, 0.1) is 28.8 Å². The number of amides is 2. The highest BCUT2D eigenvalue weighted by Crippen LogP contribution is 2.09. The zero-order valence-corrected chi connectivity index (χ0v) is 11.7. The van der Waals surface area contributed by atoms with Crippen molar-refractivity contribution in [2.45, 2.75) is 13.5 Å². The van der Waals surface area contributed by atoms with Crippen molar-refractivity contribution in [3.05, 3.63) is 16.1 Å². The molecule has 0 saturated heterocycles. The monoisotopic (exact) mass is 286 g/mol. The second-order valence-corrected chi connectivity index (χ2v) is 5.25. The van der Waals surface area contributed by atoms with Crippen LogP contribution in [-0.4, -0.2) is 40.3 Å². The van der Waals surface area contributed by atoms with Crippen LogP contribution in [0.4, 0.5) is 0 Å². The Hall–Kier alpha value is -1.54. The smallest absolute Gasteiger partial charge is 0.311 e. The van der Waals surface area contributed by atoms with Gasteiger partial charge in [0.1, 0.15) is 0 Å². The Labute approximate surface area is 114 Å². The van der Waals surface area contributed by atoms with E-state index in [0.29, 0.717) is 6.54 Å². The summed E-state index contributed by atoms with van der Waals surface area (Å²) in [6, 6.07) is 0. The lowest BCUT2D eigenvalue weighted by Crippen LogP contribution is -2.43. The zero-order chi connectivity index (χ0) is 13.7. The fourth-order valence-corrected chi connectivity index (χ4v) is 1.89. The van der Waals surface area contributed by atoms with Crippen molar-refractivity contribution in [3.8, 4) is 0 Å². The zero-order valence-electron chi connectivity index (χ0n) is 10.1. The quantitative estimate of drug-likeness (QED) is 0.592. The minimum atomic E-state index is -0.725. The van der Waals surface area contributed by atoms with Crippen molar-refractivity contribution in [2.75, 3.05) is 13.6 Å². The number of nitrogens with zero attached hydrogens (tertiary/aromatic N) is 2. The Morgan fingerprint density at radius 3 is 2.78 bits per heavy atom. The summed E-state index contributed by atoms with van der Waals surface area (Å²) in [5, 5.41) is 5.11. The number of thiazole rings is 1. The van der Waals surface area contributed by atoms with Gasteiger partial charge in [-0.05, 0) is 6.92 Å². The third kappa shape index (κ3) is 4.38. The van der Waals surface area contributed by atoms with Gasteiger partial charge in [-0.25, -0.2) is 4.98 Å². The van der Waals surface area contributed by atoms with Crippen LogP contribution in [-0.2, 0) is 16.1 Å². The average Bonchev–Trinajstić information content (AvgIpc) is 2.70. The molecule has 0 aliphatic heterocycles. The fraction of sp³-hybridized carbons (Fsp3) is 0.400. The lowest BCUT2D eigenvalue weighted by molar-refractivity contribution is -0.145. The topological polar surface area (TPSA) is 88.3 Å². The van der Waals surface area contributed by atoms with E-state index in [2.05, 4.69) is 22.5 Å². The van der Waals surface area contributed by atoms with Crippen LogP contribution in [0.15, 0.2) is 5.38 Å². The Morgan fingerprint density at radius 2 is 2.28 bits per heavy atom. The van der Waals surface area contributed by atoms with E-state index in [9.17, 15) is 9.59 Å². The number of thiocarbonyl (C=S) groups is 1. The molecular formula is C10H14N4O2S2.